The molecule has 1 unspecified atom stereocenters. The highest BCUT2D eigenvalue weighted by atomic mass is 32.2. The monoisotopic (exact) mass is 520 g/mol. The lowest BCUT2D eigenvalue weighted by Crippen LogP contribution is -2.42. The van der Waals surface area contributed by atoms with E-state index in [0.29, 0.717) is 18.1 Å². The van der Waals surface area contributed by atoms with Gasteiger partial charge in [-0.05, 0) is 53.1 Å². The molecule has 2 amide bonds. The molecule has 1 atom stereocenters. The average molecular weight is 521 g/mol. The largest absolute Gasteiger partial charge is 0.355 e. The minimum atomic E-state index is -0.362. The summed E-state index contributed by atoms with van der Waals surface area (Å²) in [7, 11) is 0. The second-order valence-corrected chi connectivity index (χ2v) is 10.3. The third kappa shape index (κ3) is 4.81. The quantitative estimate of drug-likeness (QED) is 0.353. The zero-order valence-corrected chi connectivity index (χ0v) is 21.3. The fourth-order valence-corrected chi connectivity index (χ4v) is 6.20. The van der Waals surface area contributed by atoms with Gasteiger partial charge in [0.25, 0.3) is 0 Å². The Morgan fingerprint density at radius 2 is 1.92 bits per heavy atom. The molecule has 1 N–H and O–H groups in total. The first kappa shape index (κ1) is 24.3. The molecular weight excluding hydrogens is 495 g/mol. The lowest BCUT2D eigenvalue weighted by molar-refractivity contribution is -0.122. The number of hydrogen-bond donors (Lipinski definition) is 1. The number of rotatable bonds is 7. The Morgan fingerprint density at radius 1 is 1.14 bits per heavy atom. The highest BCUT2D eigenvalue weighted by Gasteiger charge is 2.37. The van der Waals surface area contributed by atoms with Crippen molar-refractivity contribution in [3.8, 4) is 16.9 Å². The predicted octanol–water partition coefficient (Wildman–Crippen LogP) is 5.44. The van der Waals surface area contributed by atoms with Crippen molar-refractivity contribution in [2.75, 3.05) is 23.7 Å². The Labute approximate surface area is 217 Å². The Balaban J connectivity index is 1.76. The molecule has 0 aliphatic carbocycles. The average Bonchev–Trinajstić information content (AvgIpc) is 3.54. The van der Waals surface area contributed by atoms with Gasteiger partial charge in [0, 0.05) is 17.7 Å². The Hall–Kier alpha value is -3.43. The molecule has 2 aromatic heterocycles. The minimum absolute atomic E-state index is 0.121. The van der Waals surface area contributed by atoms with Gasteiger partial charge in [-0.1, -0.05) is 37.3 Å². The molecule has 0 radical (unpaired) electrons. The number of carbonyl (C=O) groups is 2. The summed E-state index contributed by atoms with van der Waals surface area (Å²) in [6.45, 7) is 2.39. The fourth-order valence-electron chi connectivity index (χ4n) is 4.24. The van der Waals surface area contributed by atoms with Crippen LogP contribution in [-0.2, 0) is 9.59 Å². The van der Waals surface area contributed by atoms with Crippen LogP contribution in [0.5, 0.6) is 0 Å². The van der Waals surface area contributed by atoms with E-state index in [1.54, 1.807) is 28.2 Å². The third-order valence-corrected chi connectivity index (χ3v) is 7.88. The van der Waals surface area contributed by atoms with Gasteiger partial charge >= 0.3 is 0 Å². The van der Waals surface area contributed by atoms with Gasteiger partial charge in [-0.25, -0.2) is 9.07 Å². The number of nitrogens with zero attached hydrogens (tertiary/aromatic N) is 3. The molecule has 5 rings (SSSR count). The van der Waals surface area contributed by atoms with E-state index in [4.69, 9.17) is 5.10 Å². The third-order valence-electron chi connectivity index (χ3n) is 5.93. The molecule has 2 aromatic carbocycles. The molecule has 3 heterocycles. The molecular formula is C27H25FN4O2S2. The van der Waals surface area contributed by atoms with Crippen molar-refractivity contribution in [3.63, 3.8) is 0 Å². The molecule has 4 aromatic rings. The van der Waals surface area contributed by atoms with Gasteiger partial charge in [0.1, 0.15) is 18.2 Å². The van der Waals surface area contributed by atoms with Gasteiger partial charge in [0.05, 0.1) is 22.4 Å². The van der Waals surface area contributed by atoms with Crippen LogP contribution < -0.4 is 10.2 Å². The van der Waals surface area contributed by atoms with Gasteiger partial charge in [0.2, 0.25) is 11.8 Å². The maximum Gasteiger partial charge on any atom is 0.240 e. The summed E-state index contributed by atoms with van der Waals surface area (Å²) in [4.78, 5) is 27.9. The predicted molar refractivity (Wildman–Crippen MR) is 143 cm³/mol. The summed E-state index contributed by atoms with van der Waals surface area (Å²) in [5, 5.41) is 11.8. The molecule has 9 heteroatoms. The minimum Gasteiger partial charge on any atom is -0.355 e. The molecule has 0 spiro atoms. The first-order valence-electron chi connectivity index (χ1n) is 11.7. The van der Waals surface area contributed by atoms with Crippen molar-refractivity contribution in [3.05, 3.63) is 88.4 Å². The standard InChI is InChI=1S/C27H25FN4O2S2/c1-2-13-29-22(33)15-31-23(34)17-36-26(19-12-14-35-16-19)24-25(18-6-4-3-5-7-18)30-32(27(24)31)21-10-8-20(28)9-11-21/h3-12,14,16,26H,2,13,15,17H2,1H3,(H,29,33). The van der Waals surface area contributed by atoms with E-state index in [9.17, 15) is 14.0 Å². The second-order valence-electron chi connectivity index (χ2n) is 8.42. The number of nitrogens with one attached hydrogen (secondary N) is 1. The lowest BCUT2D eigenvalue weighted by atomic mass is 10.0. The van der Waals surface area contributed by atoms with E-state index in [1.807, 2.05) is 42.6 Å². The Bertz CT molecular complexity index is 1350. The summed E-state index contributed by atoms with van der Waals surface area (Å²) in [6.07, 6.45) is 0.798. The van der Waals surface area contributed by atoms with Crippen LogP contribution in [0.25, 0.3) is 16.9 Å². The van der Waals surface area contributed by atoms with E-state index in [1.165, 1.54) is 28.8 Å². The number of benzene rings is 2. The number of fused-ring (bicyclic) bond motifs is 1. The molecule has 0 fully saturated rings. The van der Waals surface area contributed by atoms with Gasteiger partial charge < -0.3 is 5.32 Å². The number of amides is 2. The zero-order valence-electron chi connectivity index (χ0n) is 19.7. The number of thioether (sulfide) groups is 1. The molecule has 0 saturated carbocycles. The second kappa shape index (κ2) is 10.7. The molecule has 0 bridgehead atoms. The normalized spacial score (nSPS) is 15.4. The SMILES string of the molecule is CCCNC(=O)CN1C(=O)CSC(c2ccsc2)c2c(-c3ccccc3)nn(-c3ccc(F)cc3)c21. The van der Waals surface area contributed by atoms with Gasteiger partial charge in [0.15, 0.2) is 0 Å². The van der Waals surface area contributed by atoms with E-state index in [0.717, 1.165) is 28.8 Å². The van der Waals surface area contributed by atoms with Crippen molar-refractivity contribution >= 4 is 40.7 Å². The fraction of sp³-hybridized carbons (Fsp3) is 0.222. The first-order chi connectivity index (χ1) is 17.6. The van der Waals surface area contributed by atoms with Crippen molar-refractivity contribution in [2.24, 2.45) is 0 Å². The van der Waals surface area contributed by atoms with Crippen molar-refractivity contribution in [1.29, 1.82) is 0 Å². The number of thiophene rings is 1. The number of halogens is 1. The topological polar surface area (TPSA) is 67.2 Å². The summed E-state index contributed by atoms with van der Waals surface area (Å²) in [5.74, 6) is -0.0117. The zero-order chi connectivity index (χ0) is 25.1. The smallest absolute Gasteiger partial charge is 0.240 e. The summed E-state index contributed by atoms with van der Waals surface area (Å²) >= 11 is 3.13. The van der Waals surface area contributed by atoms with Crippen LogP contribution in [0.1, 0.15) is 29.7 Å². The maximum atomic E-state index is 13.8. The van der Waals surface area contributed by atoms with Crippen LogP contribution in [-0.4, -0.2) is 40.4 Å². The molecule has 6 nitrogen and oxygen atoms in total. The summed E-state index contributed by atoms with van der Waals surface area (Å²) < 4.78 is 15.5. The van der Waals surface area contributed by atoms with E-state index < -0.39 is 0 Å². The highest BCUT2D eigenvalue weighted by Crippen LogP contribution is 2.48. The lowest BCUT2D eigenvalue weighted by Gasteiger charge is -2.23. The van der Waals surface area contributed by atoms with E-state index in [-0.39, 0.29) is 35.2 Å². The van der Waals surface area contributed by atoms with E-state index in [2.05, 4.69) is 16.8 Å². The molecule has 184 valence electrons. The summed E-state index contributed by atoms with van der Waals surface area (Å²) in [5.41, 5.74) is 4.18. The van der Waals surface area contributed by atoms with E-state index >= 15 is 0 Å². The number of carbonyl (C=O) groups excluding carboxylic acids is 2. The van der Waals surface area contributed by atoms with Crippen molar-refractivity contribution in [1.82, 2.24) is 15.1 Å². The van der Waals surface area contributed by atoms with Crippen LogP contribution >= 0.6 is 23.1 Å². The van der Waals surface area contributed by atoms with Gasteiger partial charge in [-0.3, -0.25) is 14.5 Å². The number of aromatic nitrogens is 2. The highest BCUT2D eigenvalue weighted by molar-refractivity contribution is 8.00. The van der Waals surface area contributed by atoms with Crippen molar-refractivity contribution in [2.45, 2.75) is 18.6 Å². The van der Waals surface area contributed by atoms with Crippen LogP contribution in [0.15, 0.2) is 71.4 Å². The summed E-state index contributed by atoms with van der Waals surface area (Å²) in [6, 6.07) is 17.9. The maximum absolute atomic E-state index is 13.8. The number of hydrogen-bond acceptors (Lipinski definition) is 5. The molecule has 1 aliphatic heterocycles. The van der Waals surface area contributed by atoms with Gasteiger partial charge in [-0.15, -0.1) is 11.8 Å². The van der Waals surface area contributed by atoms with Crippen LogP contribution in [0.2, 0.25) is 0 Å². The molecule has 1 aliphatic rings. The molecule has 0 saturated heterocycles. The Kier molecular flexibility index (Phi) is 7.20. The van der Waals surface area contributed by atoms with Crippen LogP contribution in [0.4, 0.5) is 10.2 Å². The first-order valence-corrected chi connectivity index (χ1v) is 13.7. The van der Waals surface area contributed by atoms with Gasteiger partial charge in [-0.2, -0.15) is 16.4 Å². The van der Waals surface area contributed by atoms with Crippen molar-refractivity contribution < 1.29 is 14.0 Å². The van der Waals surface area contributed by atoms with Crippen LogP contribution in [0.3, 0.4) is 0 Å². The van der Waals surface area contributed by atoms with Crippen LogP contribution in [0, 0.1) is 5.82 Å². The Morgan fingerprint density at radius 3 is 2.61 bits per heavy atom. The molecule has 36 heavy (non-hydrogen) atoms. The number of anilines is 1.